The number of hydrogen-bond acceptors (Lipinski definition) is 4. The molecule has 4 N–H and O–H groups in total. The van der Waals surface area contributed by atoms with Crippen LogP contribution >= 0.6 is 12.4 Å². The first kappa shape index (κ1) is 27.6. The minimum absolute atomic E-state index is 0. The molecule has 0 bridgehead atoms. The lowest BCUT2D eigenvalue weighted by molar-refractivity contribution is 0.371. The Balaban J connectivity index is 0.00000320. The highest BCUT2D eigenvalue weighted by Crippen LogP contribution is 2.25. The first-order chi connectivity index (χ1) is 17.7. The van der Waals surface area contributed by atoms with Crippen molar-refractivity contribution in [2.24, 2.45) is 0 Å². The van der Waals surface area contributed by atoms with Crippen molar-refractivity contribution in [3.05, 3.63) is 96.1 Å². The molecule has 4 unspecified atom stereocenters. The Morgan fingerprint density at radius 3 is 1.30 bits per heavy atom. The summed E-state index contributed by atoms with van der Waals surface area (Å²) < 4.78 is 0. The van der Waals surface area contributed by atoms with E-state index in [2.05, 4.69) is 120 Å². The van der Waals surface area contributed by atoms with Gasteiger partial charge in [0.1, 0.15) is 0 Å². The van der Waals surface area contributed by atoms with Gasteiger partial charge < -0.3 is 21.3 Å². The molecule has 0 aliphatic carbocycles. The second kappa shape index (κ2) is 13.4. The summed E-state index contributed by atoms with van der Waals surface area (Å²) in [5.41, 5.74) is 2.74. The van der Waals surface area contributed by atoms with Crippen molar-refractivity contribution in [2.45, 2.75) is 50.9 Å². The fourth-order valence-corrected chi connectivity index (χ4v) is 5.53. The first-order valence-electron chi connectivity index (χ1n) is 13.6. The van der Waals surface area contributed by atoms with Crippen LogP contribution < -0.4 is 21.3 Å². The van der Waals surface area contributed by atoms with Crippen LogP contribution in [-0.2, 0) is 0 Å². The average molecular weight is 517 g/mol. The summed E-state index contributed by atoms with van der Waals surface area (Å²) >= 11 is 0. The van der Waals surface area contributed by atoms with Crippen LogP contribution in [0, 0.1) is 0 Å². The second-order valence-corrected chi connectivity index (χ2v) is 10.4. The van der Waals surface area contributed by atoms with E-state index in [1.165, 1.54) is 32.7 Å². The van der Waals surface area contributed by atoms with Crippen LogP contribution in [0.3, 0.4) is 0 Å². The van der Waals surface area contributed by atoms with Gasteiger partial charge in [-0.25, -0.2) is 0 Å². The van der Waals surface area contributed by atoms with E-state index in [0.29, 0.717) is 24.2 Å². The molecule has 4 nitrogen and oxygen atoms in total. The number of nitrogens with one attached hydrogen (secondary N) is 4. The summed E-state index contributed by atoms with van der Waals surface area (Å²) in [5.74, 6) is 0. The van der Waals surface area contributed by atoms with E-state index in [4.69, 9.17) is 0 Å². The van der Waals surface area contributed by atoms with E-state index in [0.717, 1.165) is 39.0 Å². The van der Waals surface area contributed by atoms with Crippen LogP contribution in [0.15, 0.2) is 84.9 Å². The molecule has 0 aromatic heterocycles. The fraction of sp³-hybridized carbons (Fsp3) is 0.375. The van der Waals surface area contributed by atoms with E-state index < -0.39 is 0 Å². The molecule has 1 saturated heterocycles. The number of halogens is 1. The van der Waals surface area contributed by atoms with Crippen LogP contribution in [-0.4, -0.2) is 38.3 Å². The van der Waals surface area contributed by atoms with Gasteiger partial charge in [0.2, 0.25) is 0 Å². The van der Waals surface area contributed by atoms with Crippen molar-refractivity contribution in [3.8, 4) is 0 Å². The van der Waals surface area contributed by atoms with E-state index >= 15 is 0 Å². The van der Waals surface area contributed by atoms with Gasteiger partial charge in [0.15, 0.2) is 0 Å². The lowest BCUT2D eigenvalue weighted by atomic mass is 9.96. The second-order valence-electron chi connectivity index (χ2n) is 10.4. The maximum atomic E-state index is 3.88. The van der Waals surface area contributed by atoms with Gasteiger partial charge in [-0.1, -0.05) is 72.8 Å². The molecule has 0 radical (unpaired) electrons. The predicted molar refractivity (Wildman–Crippen MR) is 161 cm³/mol. The minimum atomic E-state index is 0. The molecule has 1 heterocycles. The molecule has 0 saturated carbocycles. The first-order valence-corrected chi connectivity index (χ1v) is 13.6. The third-order valence-electron chi connectivity index (χ3n) is 7.55. The zero-order valence-corrected chi connectivity index (χ0v) is 22.9. The summed E-state index contributed by atoms with van der Waals surface area (Å²) in [6.45, 7) is 8.41. The molecule has 5 heteroatoms. The van der Waals surface area contributed by atoms with Gasteiger partial charge in [0, 0.05) is 50.3 Å². The van der Waals surface area contributed by atoms with Gasteiger partial charge in [-0.3, -0.25) is 0 Å². The van der Waals surface area contributed by atoms with Gasteiger partial charge in [0.25, 0.3) is 0 Å². The molecule has 4 atom stereocenters. The quantitative estimate of drug-likeness (QED) is 0.259. The number of benzene rings is 4. The smallest absolute Gasteiger partial charge is 0.0335 e. The van der Waals surface area contributed by atoms with Gasteiger partial charge in [0.05, 0.1) is 0 Å². The van der Waals surface area contributed by atoms with Gasteiger partial charge in [-0.15, -0.1) is 12.4 Å². The SMILES string of the molecule is CC1CC(c2ccc3ccccc3c2)NCCNC(c2ccc3ccccc3c2)CC(C)NCCN1.Cl. The summed E-state index contributed by atoms with van der Waals surface area (Å²) in [4.78, 5) is 0. The molecule has 1 aliphatic rings. The Kier molecular flexibility index (Phi) is 9.95. The van der Waals surface area contributed by atoms with Crippen molar-refractivity contribution in [1.82, 2.24) is 21.3 Å². The Bertz CT molecular complexity index is 1180. The third kappa shape index (κ3) is 7.31. The molecule has 4 aromatic carbocycles. The molecule has 0 amide bonds. The zero-order chi connectivity index (χ0) is 24.7. The zero-order valence-electron chi connectivity index (χ0n) is 22.0. The lowest BCUT2D eigenvalue weighted by Crippen LogP contribution is -2.42. The van der Waals surface area contributed by atoms with Crippen molar-refractivity contribution >= 4 is 34.0 Å². The van der Waals surface area contributed by atoms with Crippen LogP contribution in [0.4, 0.5) is 0 Å². The Morgan fingerprint density at radius 1 is 0.486 bits per heavy atom. The molecule has 0 spiro atoms. The Morgan fingerprint density at radius 2 is 0.865 bits per heavy atom. The van der Waals surface area contributed by atoms with E-state index in [1.54, 1.807) is 0 Å². The average Bonchev–Trinajstić information content (AvgIpc) is 2.91. The van der Waals surface area contributed by atoms with E-state index in [1.807, 2.05) is 0 Å². The molecule has 4 aromatic rings. The van der Waals surface area contributed by atoms with Crippen LogP contribution in [0.5, 0.6) is 0 Å². The molecular weight excluding hydrogens is 476 g/mol. The van der Waals surface area contributed by atoms with Gasteiger partial charge >= 0.3 is 0 Å². The van der Waals surface area contributed by atoms with Gasteiger partial charge in [-0.2, -0.15) is 0 Å². The highest BCUT2D eigenvalue weighted by atomic mass is 35.5. The van der Waals surface area contributed by atoms with Crippen molar-refractivity contribution < 1.29 is 0 Å². The standard InChI is InChI=1S/C32H40N4.ClH/c1-23-19-31(29-13-11-25-7-3-5-9-27(25)21-29)35-17-18-36-32(20-24(2)34-16-15-33-23)30-14-12-26-8-4-6-10-28(26)22-30;/h3-14,21-24,31-36H,15-20H2,1-2H3;1H. The lowest BCUT2D eigenvalue weighted by Gasteiger charge is -2.28. The van der Waals surface area contributed by atoms with Crippen LogP contribution in [0.1, 0.15) is 49.9 Å². The summed E-state index contributed by atoms with van der Waals surface area (Å²) in [6.07, 6.45) is 2.12. The normalized spacial score (nSPS) is 24.3. The van der Waals surface area contributed by atoms with Gasteiger partial charge in [-0.05, 0) is 71.5 Å². The Labute approximate surface area is 228 Å². The maximum Gasteiger partial charge on any atom is 0.0335 e. The van der Waals surface area contributed by atoms with Crippen molar-refractivity contribution in [1.29, 1.82) is 0 Å². The predicted octanol–water partition coefficient (Wildman–Crippen LogP) is 6.13. The Hall–Kier alpha value is -2.47. The van der Waals surface area contributed by atoms with Crippen molar-refractivity contribution in [2.75, 3.05) is 26.2 Å². The summed E-state index contributed by atoms with van der Waals surface area (Å²) in [6, 6.07) is 32.6. The molecule has 196 valence electrons. The monoisotopic (exact) mass is 516 g/mol. The molecule has 1 aliphatic heterocycles. The third-order valence-corrected chi connectivity index (χ3v) is 7.55. The van der Waals surface area contributed by atoms with Crippen molar-refractivity contribution in [3.63, 3.8) is 0 Å². The molecular formula is C32H41ClN4. The molecule has 1 fully saturated rings. The highest BCUT2D eigenvalue weighted by Gasteiger charge is 2.19. The highest BCUT2D eigenvalue weighted by molar-refractivity contribution is 5.85. The number of hydrogen-bond donors (Lipinski definition) is 4. The minimum Gasteiger partial charge on any atom is -0.313 e. The van der Waals surface area contributed by atoms with Crippen LogP contribution in [0.25, 0.3) is 21.5 Å². The topological polar surface area (TPSA) is 48.1 Å². The molecule has 37 heavy (non-hydrogen) atoms. The van der Waals surface area contributed by atoms with E-state index in [9.17, 15) is 0 Å². The van der Waals surface area contributed by atoms with Crippen LogP contribution in [0.2, 0.25) is 0 Å². The molecule has 5 rings (SSSR count). The number of fused-ring (bicyclic) bond motifs is 2. The summed E-state index contributed by atoms with van der Waals surface area (Å²) in [5, 5.41) is 20.5. The number of rotatable bonds is 2. The summed E-state index contributed by atoms with van der Waals surface area (Å²) in [7, 11) is 0. The largest absolute Gasteiger partial charge is 0.313 e. The fourth-order valence-electron chi connectivity index (χ4n) is 5.53. The van der Waals surface area contributed by atoms with E-state index in [-0.39, 0.29) is 12.4 Å². The maximum absolute atomic E-state index is 3.88.